The van der Waals surface area contributed by atoms with Gasteiger partial charge in [-0.15, -0.1) is 45.3 Å². The second-order valence-corrected chi connectivity index (χ2v) is 18.0. The van der Waals surface area contributed by atoms with Crippen molar-refractivity contribution in [3.8, 4) is 28.0 Å². The Morgan fingerprint density at radius 3 is 1.63 bits per heavy atom. The van der Waals surface area contributed by atoms with Gasteiger partial charge in [0.2, 0.25) is 0 Å². The molecular weight excluding hydrogens is 745 g/mol. The highest BCUT2D eigenvalue weighted by molar-refractivity contribution is 7.35. The summed E-state index contributed by atoms with van der Waals surface area (Å²) in [5, 5.41) is 29.5. The van der Waals surface area contributed by atoms with Gasteiger partial charge in [-0.2, -0.15) is 10.5 Å². The van der Waals surface area contributed by atoms with Crippen molar-refractivity contribution in [2.45, 2.75) is 37.5 Å². The molecule has 6 nitrogen and oxygen atoms in total. The van der Waals surface area contributed by atoms with Gasteiger partial charge in [0, 0.05) is 69.1 Å². The van der Waals surface area contributed by atoms with Crippen LogP contribution < -0.4 is 0 Å². The lowest BCUT2D eigenvalue weighted by Gasteiger charge is -2.35. The van der Waals surface area contributed by atoms with Crippen molar-refractivity contribution in [3.63, 3.8) is 0 Å². The van der Waals surface area contributed by atoms with E-state index >= 15 is 0 Å². The predicted molar refractivity (Wildman–Crippen MR) is 217 cm³/mol. The maximum atomic E-state index is 13.7. The van der Waals surface area contributed by atoms with Crippen LogP contribution in [0.3, 0.4) is 0 Å². The Balaban J connectivity index is 1.10. The average Bonchev–Trinajstić information content (AvgIpc) is 4.04. The number of nitrogens with zero attached hydrogens (tertiary/aromatic N) is 4. The molecular formula is C44H22N4O2S4. The van der Waals surface area contributed by atoms with Crippen LogP contribution in [0.5, 0.6) is 0 Å². The summed E-state index contributed by atoms with van der Waals surface area (Å²) in [6.45, 7) is 7.67. The number of thiophene rings is 4. The Kier molecular flexibility index (Phi) is 7.27. The molecule has 4 heterocycles. The summed E-state index contributed by atoms with van der Waals surface area (Å²) in [4.78, 5) is 35.3. The maximum Gasteiger partial charge on any atom is 0.270 e. The second kappa shape index (κ2) is 12.0. The van der Waals surface area contributed by atoms with Crippen LogP contribution >= 0.6 is 45.3 Å². The average molecular weight is 767 g/mol. The van der Waals surface area contributed by atoms with E-state index in [4.69, 9.17) is 6.57 Å². The van der Waals surface area contributed by atoms with Crippen molar-refractivity contribution in [2.24, 2.45) is 0 Å². The van der Waals surface area contributed by atoms with E-state index in [1.807, 2.05) is 42.5 Å². The van der Waals surface area contributed by atoms with Crippen LogP contribution in [0.4, 0.5) is 0 Å². The SMILES string of the molecule is [C-]#[N+]C(C#N)=C1/C(=C/c2cc3sc4c(c3s2)C2(CCCCC2)c2c-4sc3cc(/C=C4/C(=O)c5ccccc5C4=C(C#N)C#N)sc23)C(=O)c2ccccc21. The van der Waals surface area contributed by atoms with E-state index in [9.17, 15) is 25.4 Å². The molecule has 2 aromatic carbocycles. The van der Waals surface area contributed by atoms with E-state index in [2.05, 4.69) is 17.0 Å². The molecule has 6 aromatic rings. The molecule has 0 radical (unpaired) electrons. The van der Waals surface area contributed by atoms with Crippen LogP contribution in [0.15, 0.2) is 83.1 Å². The summed E-state index contributed by atoms with van der Waals surface area (Å²) in [6.07, 6.45) is 9.25. The summed E-state index contributed by atoms with van der Waals surface area (Å²) in [7, 11) is 0. The van der Waals surface area contributed by atoms with Gasteiger partial charge in [-0.1, -0.05) is 67.8 Å². The number of hydrogen-bond acceptors (Lipinski definition) is 9. The number of Topliss-reactive ketones (excluding diaryl/α,β-unsaturated/α-hetero) is 2. The first-order valence-electron chi connectivity index (χ1n) is 17.3. The summed E-state index contributed by atoms with van der Waals surface area (Å²) in [5.41, 5.74) is 6.36. The third-order valence-corrected chi connectivity index (χ3v) is 15.9. The van der Waals surface area contributed by atoms with Crippen molar-refractivity contribution in [1.29, 1.82) is 15.8 Å². The van der Waals surface area contributed by atoms with Gasteiger partial charge in [0.15, 0.2) is 11.6 Å². The molecule has 10 rings (SSSR count). The summed E-state index contributed by atoms with van der Waals surface area (Å²) >= 11 is 6.97. The molecule has 1 fully saturated rings. The monoisotopic (exact) mass is 766 g/mol. The Labute approximate surface area is 325 Å². The van der Waals surface area contributed by atoms with Crippen molar-refractivity contribution in [1.82, 2.24) is 0 Å². The first-order chi connectivity index (χ1) is 26.4. The highest BCUT2D eigenvalue weighted by atomic mass is 32.1. The Morgan fingerprint density at radius 1 is 0.667 bits per heavy atom. The number of ketones is 2. The topological polar surface area (TPSA) is 110 Å². The van der Waals surface area contributed by atoms with Crippen molar-refractivity contribution in [3.05, 3.63) is 138 Å². The molecule has 4 aromatic heterocycles. The summed E-state index contributed by atoms with van der Waals surface area (Å²) in [5.74, 6) is -0.343. The van der Waals surface area contributed by atoms with E-state index in [1.165, 1.54) is 46.1 Å². The summed E-state index contributed by atoms with van der Waals surface area (Å²) in [6, 6.07) is 24.7. The van der Waals surface area contributed by atoms with Gasteiger partial charge in [0.1, 0.15) is 17.7 Å². The van der Waals surface area contributed by atoms with E-state index in [0.717, 1.165) is 35.4 Å². The number of carbonyl (C=O) groups excluding carboxylic acids is 2. The third kappa shape index (κ3) is 4.37. The number of rotatable bonds is 2. The highest BCUT2D eigenvalue weighted by Crippen LogP contribution is 2.66. The second-order valence-electron chi connectivity index (χ2n) is 13.7. The van der Waals surface area contributed by atoms with Gasteiger partial charge in [-0.05, 0) is 48.3 Å². The lowest BCUT2D eigenvalue weighted by Crippen LogP contribution is -2.27. The lowest BCUT2D eigenvalue weighted by atomic mass is 9.68. The quantitative estimate of drug-likeness (QED) is 0.0990. The number of allylic oxidation sites excluding steroid dienone is 6. The molecule has 0 amide bonds. The van der Waals surface area contributed by atoms with Crippen molar-refractivity contribution in [2.75, 3.05) is 0 Å². The number of fused-ring (bicyclic) bond motifs is 11. The van der Waals surface area contributed by atoms with E-state index in [0.29, 0.717) is 44.5 Å². The molecule has 0 N–H and O–H groups in total. The molecule has 4 aliphatic rings. The fraction of sp³-hybridized carbons (Fsp3) is 0.136. The van der Waals surface area contributed by atoms with Crippen LogP contribution in [0.2, 0.25) is 0 Å². The van der Waals surface area contributed by atoms with E-state index in [-0.39, 0.29) is 28.3 Å². The molecule has 0 aliphatic heterocycles. The standard InChI is InChI=1S/C44H22N4O2S4/c1-48-31(21-47)35-26-10-4-6-12-28(26)39(50)30(35)16-24-18-33-41(52-24)37-43(54-33)42-36(44(37)13-7-2-8-14-44)40-32(53-42)17-23(51-40)15-29-34(22(19-45)20-46)25-9-3-5-11-27(25)38(29)49/h3-6,9-12,15-18H,2,7-8,13-14H2/b29-15+,30-16-,35-31?. The zero-order chi connectivity index (χ0) is 36.9. The van der Waals surface area contributed by atoms with E-state index in [1.54, 1.807) is 81.7 Å². The van der Waals surface area contributed by atoms with Crippen molar-refractivity contribution < 1.29 is 9.59 Å². The highest BCUT2D eigenvalue weighted by Gasteiger charge is 2.49. The van der Waals surface area contributed by atoms with Gasteiger partial charge >= 0.3 is 0 Å². The minimum atomic E-state index is -0.175. The molecule has 254 valence electrons. The fourth-order valence-corrected chi connectivity index (χ4v) is 14.6. The molecule has 1 spiro atoms. The zero-order valence-electron chi connectivity index (χ0n) is 28.2. The third-order valence-electron chi connectivity index (χ3n) is 11.0. The minimum Gasteiger partial charge on any atom is -0.289 e. The number of benzene rings is 2. The minimum absolute atomic E-state index is 0.0645. The molecule has 0 saturated heterocycles. The van der Waals surface area contributed by atoms with Gasteiger partial charge in [0.25, 0.3) is 5.70 Å². The maximum absolute atomic E-state index is 13.7. The molecule has 0 atom stereocenters. The fourth-order valence-electron chi connectivity index (χ4n) is 8.89. The number of nitriles is 3. The molecule has 0 bridgehead atoms. The number of hydrogen-bond donors (Lipinski definition) is 0. The molecule has 4 aliphatic carbocycles. The largest absolute Gasteiger partial charge is 0.289 e. The lowest BCUT2D eigenvalue weighted by molar-refractivity contribution is 0.103. The van der Waals surface area contributed by atoms with Gasteiger partial charge in [0.05, 0.1) is 31.8 Å². The Bertz CT molecular complexity index is 2830. The van der Waals surface area contributed by atoms with Crippen LogP contribution in [-0.4, -0.2) is 11.6 Å². The number of carbonyl (C=O) groups is 2. The Hall–Kier alpha value is -5.98. The van der Waals surface area contributed by atoms with Crippen LogP contribution in [0.1, 0.15) is 84.8 Å². The van der Waals surface area contributed by atoms with Gasteiger partial charge in [-0.25, -0.2) is 10.1 Å². The van der Waals surface area contributed by atoms with E-state index < -0.39 is 0 Å². The summed E-state index contributed by atoms with van der Waals surface area (Å²) < 4.78 is 4.83. The predicted octanol–water partition coefficient (Wildman–Crippen LogP) is 12.0. The molecule has 54 heavy (non-hydrogen) atoms. The molecule has 10 heteroatoms. The zero-order valence-corrected chi connectivity index (χ0v) is 31.5. The first kappa shape index (κ1) is 32.7. The Morgan fingerprint density at radius 2 is 1.15 bits per heavy atom. The molecule has 1 saturated carbocycles. The normalized spacial score (nSPS) is 18.8. The van der Waals surface area contributed by atoms with Crippen molar-refractivity contribution >= 4 is 99.0 Å². The van der Waals surface area contributed by atoms with Gasteiger partial charge in [-0.3, -0.25) is 9.59 Å². The van der Waals surface area contributed by atoms with Crippen LogP contribution in [-0.2, 0) is 5.41 Å². The molecule has 0 unspecified atom stereocenters. The first-order valence-corrected chi connectivity index (χ1v) is 20.6. The smallest absolute Gasteiger partial charge is 0.270 e. The van der Waals surface area contributed by atoms with Crippen LogP contribution in [0.25, 0.3) is 56.7 Å². The van der Waals surface area contributed by atoms with Crippen LogP contribution in [0, 0.1) is 40.6 Å². The van der Waals surface area contributed by atoms with Gasteiger partial charge < -0.3 is 0 Å².